The first kappa shape index (κ1) is 10.4. The van der Waals surface area contributed by atoms with Gasteiger partial charge in [-0.25, -0.2) is 4.79 Å². The third-order valence-corrected chi connectivity index (χ3v) is 1.93. The third-order valence-electron chi connectivity index (χ3n) is 1.93. The number of amides is 1. The van der Waals surface area contributed by atoms with Crippen LogP contribution in [0.1, 0.15) is 33.6 Å². The maximum atomic E-state index is 11.4. The highest BCUT2D eigenvalue weighted by molar-refractivity contribution is 5.67. The molecule has 0 aliphatic heterocycles. The monoisotopic (exact) mass is 185 g/mol. The van der Waals surface area contributed by atoms with Crippen LogP contribution in [0.3, 0.4) is 0 Å². The zero-order valence-electron chi connectivity index (χ0n) is 8.96. The summed E-state index contributed by atoms with van der Waals surface area (Å²) in [6.45, 7) is 6.50. The average Bonchev–Trinajstić information content (AvgIpc) is 2.67. The van der Waals surface area contributed by atoms with Crippen molar-refractivity contribution in [1.82, 2.24) is 4.90 Å². The molecule has 0 bridgehead atoms. The van der Waals surface area contributed by atoms with E-state index < -0.39 is 0 Å². The molecule has 1 aliphatic carbocycles. The van der Waals surface area contributed by atoms with Gasteiger partial charge >= 0.3 is 6.09 Å². The van der Waals surface area contributed by atoms with E-state index in [2.05, 4.69) is 0 Å². The molecule has 1 fully saturated rings. The summed E-state index contributed by atoms with van der Waals surface area (Å²) in [6.07, 6.45) is 2.31. The maximum absolute atomic E-state index is 11.4. The van der Waals surface area contributed by atoms with Crippen LogP contribution in [-0.4, -0.2) is 30.2 Å². The Morgan fingerprint density at radius 3 is 2.38 bits per heavy atom. The Morgan fingerprint density at radius 1 is 1.46 bits per heavy atom. The van der Waals surface area contributed by atoms with Crippen molar-refractivity contribution in [2.24, 2.45) is 5.92 Å². The second-order valence-corrected chi connectivity index (χ2v) is 4.80. The van der Waals surface area contributed by atoms with Crippen LogP contribution in [0.5, 0.6) is 0 Å². The standard InChI is InChI=1S/C10H19NO2/c1-10(2,3)13-9(12)11(4)7-8-5-6-8/h8H,5-7H2,1-4H3. The minimum Gasteiger partial charge on any atom is -0.444 e. The minimum atomic E-state index is -0.380. The molecule has 13 heavy (non-hydrogen) atoms. The summed E-state index contributed by atoms with van der Waals surface area (Å²) in [4.78, 5) is 13.1. The Labute approximate surface area is 80.1 Å². The predicted octanol–water partition coefficient (Wildman–Crippen LogP) is 2.26. The van der Waals surface area contributed by atoms with E-state index in [1.54, 1.807) is 11.9 Å². The molecule has 76 valence electrons. The number of carbonyl (C=O) groups is 1. The van der Waals surface area contributed by atoms with Crippen LogP contribution in [0.25, 0.3) is 0 Å². The van der Waals surface area contributed by atoms with E-state index >= 15 is 0 Å². The molecule has 0 aromatic heterocycles. The highest BCUT2D eigenvalue weighted by atomic mass is 16.6. The highest BCUT2D eigenvalue weighted by Crippen LogP contribution is 2.29. The smallest absolute Gasteiger partial charge is 0.410 e. The lowest BCUT2D eigenvalue weighted by molar-refractivity contribution is 0.0291. The molecule has 0 aromatic rings. The summed E-state index contributed by atoms with van der Waals surface area (Å²) in [6, 6.07) is 0. The van der Waals surface area contributed by atoms with E-state index in [0.29, 0.717) is 0 Å². The van der Waals surface area contributed by atoms with E-state index in [4.69, 9.17) is 4.74 Å². The van der Waals surface area contributed by atoms with Crippen molar-refractivity contribution < 1.29 is 9.53 Å². The molecule has 0 N–H and O–H groups in total. The van der Waals surface area contributed by atoms with Crippen molar-refractivity contribution in [3.05, 3.63) is 0 Å². The summed E-state index contributed by atoms with van der Waals surface area (Å²) in [7, 11) is 1.80. The van der Waals surface area contributed by atoms with Gasteiger partial charge in [0.25, 0.3) is 0 Å². The van der Waals surface area contributed by atoms with Crippen LogP contribution < -0.4 is 0 Å². The number of nitrogens with zero attached hydrogens (tertiary/aromatic N) is 1. The van der Waals surface area contributed by atoms with Crippen LogP contribution >= 0.6 is 0 Å². The van der Waals surface area contributed by atoms with Gasteiger partial charge in [0.05, 0.1) is 0 Å². The van der Waals surface area contributed by atoms with Crippen molar-refractivity contribution in [2.75, 3.05) is 13.6 Å². The molecule has 0 unspecified atom stereocenters. The zero-order valence-corrected chi connectivity index (χ0v) is 8.96. The van der Waals surface area contributed by atoms with Gasteiger partial charge in [-0.05, 0) is 39.5 Å². The van der Waals surface area contributed by atoms with Gasteiger partial charge in [-0.2, -0.15) is 0 Å². The Bertz CT molecular complexity index is 192. The van der Waals surface area contributed by atoms with Crippen LogP contribution in [0, 0.1) is 5.92 Å². The van der Waals surface area contributed by atoms with Crippen molar-refractivity contribution in [1.29, 1.82) is 0 Å². The Kier molecular flexibility index (Phi) is 2.84. The third kappa shape index (κ3) is 4.15. The maximum Gasteiger partial charge on any atom is 0.410 e. The first-order chi connectivity index (χ1) is 5.88. The second kappa shape index (κ2) is 3.56. The lowest BCUT2D eigenvalue weighted by Gasteiger charge is -2.24. The fraction of sp³-hybridized carbons (Fsp3) is 0.900. The van der Waals surface area contributed by atoms with E-state index in [1.807, 2.05) is 20.8 Å². The van der Waals surface area contributed by atoms with Gasteiger partial charge in [-0.15, -0.1) is 0 Å². The SMILES string of the molecule is CN(CC1CC1)C(=O)OC(C)(C)C. The van der Waals surface area contributed by atoms with Crippen LogP contribution in [0.2, 0.25) is 0 Å². The summed E-state index contributed by atoms with van der Waals surface area (Å²) in [5.41, 5.74) is -0.380. The molecule has 3 heteroatoms. The van der Waals surface area contributed by atoms with Crippen molar-refractivity contribution >= 4 is 6.09 Å². The molecule has 0 saturated heterocycles. The van der Waals surface area contributed by atoms with E-state index in [1.165, 1.54) is 12.8 Å². The molecule has 0 radical (unpaired) electrons. The molecule has 1 amide bonds. The second-order valence-electron chi connectivity index (χ2n) is 4.80. The van der Waals surface area contributed by atoms with Crippen molar-refractivity contribution in [2.45, 2.75) is 39.2 Å². The number of rotatable bonds is 2. The molecule has 1 rings (SSSR count). The lowest BCUT2D eigenvalue weighted by Crippen LogP contribution is -2.35. The first-order valence-electron chi connectivity index (χ1n) is 4.82. The molecule has 0 atom stereocenters. The van der Waals surface area contributed by atoms with E-state index in [9.17, 15) is 4.79 Å². The predicted molar refractivity (Wildman–Crippen MR) is 51.6 cm³/mol. The molecule has 0 heterocycles. The van der Waals surface area contributed by atoms with E-state index in [0.717, 1.165) is 12.5 Å². The highest BCUT2D eigenvalue weighted by Gasteiger charge is 2.27. The number of carbonyl (C=O) groups excluding carboxylic acids is 1. The molecule has 0 aromatic carbocycles. The molecule has 1 saturated carbocycles. The normalized spacial score (nSPS) is 16.9. The van der Waals surface area contributed by atoms with Crippen molar-refractivity contribution in [3.63, 3.8) is 0 Å². The van der Waals surface area contributed by atoms with Crippen LogP contribution in [0.4, 0.5) is 4.79 Å². The lowest BCUT2D eigenvalue weighted by atomic mass is 10.2. The zero-order chi connectivity index (χ0) is 10.1. The molecular weight excluding hydrogens is 166 g/mol. The topological polar surface area (TPSA) is 29.5 Å². The Morgan fingerprint density at radius 2 is 2.00 bits per heavy atom. The summed E-state index contributed by atoms with van der Waals surface area (Å²) < 4.78 is 5.22. The van der Waals surface area contributed by atoms with E-state index in [-0.39, 0.29) is 11.7 Å². The van der Waals surface area contributed by atoms with Gasteiger partial charge in [-0.3, -0.25) is 0 Å². The van der Waals surface area contributed by atoms with Gasteiger partial charge in [0.15, 0.2) is 0 Å². The Hall–Kier alpha value is -0.730. The summed E-state index contributed by atoms with van der Waals surface area (Å²) in [5.74, 6) is 0.720. The summed E-state index contributed by atoms with van der Waals surface area (Å²) in [5, 5.41) is 0. The molecule has 3 nitrogen and oxygen atoms in total. The largest absolute Gasteiger partial charge is 0.444 e. The van der Waals surface area contributed by atoms with Gasteiger partial charge in [0.2, 0.25) is 0 Å². The number of hydrogen-bond donors (Lipinski definition) is 0. The van der Waals surface area contributed by atoms with Gasteiger partial charge in [0.1, 0.15) is 5.60 Å². The molecule has 0 spiro atoms. The number of ether oxygens (including phenoxy) is 1. The van der Waals surface area contributed by atoms with Gasteiger partial charge in [0, 0.05) is 13.6 Å². The summed E-state index contributed by atoms with van der Waals surface area (Å²) >= 11 is 0. The fourth-order valence-corrected chi connectivity index (χ4v) is 1.10. The fourth-order valence-electron chi connectivity index (χ4n) is 1.10. The van der Waals surface area contributed by atoms with Gasteiger partial charge in [-0.1, -0.05) is 0 Å². The molecular formula is C10H19NO2. The van der Waals surface area contributed by atoms with Gasteiger partial charge < -0.3 is 9.64 Å². The van der Waals surface area contributed by atoms with Crippen molar-refractivity contribution in [3.8, 4) is 0 Å². The quantitative estimate of drug-likeness (QED) is 0.660. The van der Waals surface area contributed by atoms with Crippen LogP contribution in [0.15, 0.2) is 0 Å². The van der Waals surface area contributed by atoms with Crippen LogP contribution in [-0.2, 0) is 4.74 Å². The first-order valence-corrected chi connectivity index (χ1v) is 4.82. The Balaban J connectivity index is 2.28. The molecule has 1 aliphatic rings. The minimum absolute atomic E-state index is 0.209. The number of hydrogen-bond acceptors (Lipinski definition) is 2. The average molecular weight is 185 g/mol.